The number of rotatable bonds is 6. The van der Waals surface area contributed by atoms with Gasteiger partial charge in [-0.3, -0.25) is 0 Å². The van der Waals surface area contributed by atoms with Crippen molar-refractivity contribution >= 4 is 0 Å². The fourth-order valence-corrected chi connectivity index (χ4v) is 1.64. The Kier molecular flexibility index (Phi) is 6.39. The summed E-state index contributed by atoms with van der Waals surface area (Å²) in [6.45, 7) is 8.66. The van der Waals surface area contributed by atoms with Crippen LogP contribution in [0, 0.1) is 5.92 Å². The van der Waals surface area contributed by atoms with Crippen LogP contribution in [0.25, 0.3) is 0 Å². The summed E-state index contributed by atoms with van der Waals surface area (Å²) >= 11 is 0. The van der Waals surface area contributed by atoms with Gasteiger partial charge in [0.25, 0.3) is 0 Å². The molecule has 2 N–H and O–H groups in total. The minimum atomic E-state index is 0.565. The van der Waals surface area contributed by atoms with Crippen molar-refractivity contribution < 1.29 is 0 Å². The normalized spacial score (nSPS) is 16.5. The van der Waals surface area contributed by atoms with Gasteiger partial charge < -0.3 is 10.6 Å². The van der Waals surface area contributed by atoms with E-state index in [1.807, 2.05) is 0 Å². The van der Waals surface area contributed by atoms with E-state index in [4.69, 9.17) is 5.73 Å². The van der Waals surface area contributed by atoms with Crippen LogP contribution in [-0.2, 0) is 0 Å². The van der Waals surface area contributed by atoms with Crippen molar-refractivity contribution in [1.82, 2.24) is 4.90 Å². The van der Waals surface area contributed by atoms with Crippen LogP contribution in [0.5, 0.6) is 0 Å². The molecule has 0 saturated carbocycles. The molecule has 2 nitrogen and oxygen atoms in total. The van der Waals surface area contributed by atoms with Crippen molar-refractivity contribution in [1.29, 1.82) is 0 Å². The Hall–Kier alpha value is -0.0800. The predicted octanol–water partition coefficient (Wildman–Crippen LogP) is 1.70. The quantitative estimate of drug-likeness (QED) is 0.661. The van der Waals surface area contributed by atoms with E-state index < -0.39 is 0 Å². The maximum absolute atomic E-state index is 5.74. The van der Waals surface area contributed by atoms with Crippen LogP contribution in [-0.4, -0.2) is 31.1 Å². The Labute approximate surface area is 77.1 Å². The third kappa shape index (κ3) is 3.55. The highest BCUT2D eigenvalue weighted by molar-refractivity contribution is 4.74. The maximum atomic E-state index is 5.74. The maximum Gasteiger partial charge on any atom is 0.0240 e. The molecule has 0 amide bonds. The zero-order valence-corrected chi connectivity index (χ0v) is 9.01. The third-order valence-corrected chi connectivity index (χ3v) is 2.68. The molecule has 0 aromatic rings. The lowest BCUT2D eigenvalue weighted by molar-refractivity contribution is 0.186. The lowest BCUT2D eigenvalue weighted by Crippen LogP contribution is -2.42. The summed E-state index contributed by atoms with van der Waals surface area (Å²) in [6, 6.07) is 0.565. The molecular weight excluding hydrogens is 148 g/mol. The van der Waals surface area contributed by atoms with Gasteiger partial charge in [0.1, 0.15) is 0 Å². The summed E-state index contributed by atoms with van der Waals surface area (Å²) < 4.78 is 0. The Morgan fingerprint density at radius 2 is 1.92 bits per heavy atom. The van der Waals surface area contributed by atoms with Gasteiger partial charge in [0.2, 0.25) is 0 Å². The Morgan fingerprint density at radius 1 is 1.33 bits per heavy atom. The molecule has 74 valence electrons. The fraction of sp³-hybridized carbons (Fsp3) is 1.00. The molecule has 0 aromatic carbocycles. The van der Waals surface area contributed by atoms with Gasteiger partial charge in [0.15, 0.2) is 0 Å². The second-order valence-electron chi connectivity index (χ2n) is 3.67. The molecule has 12 heavy (non-hydrogen) atoms. The minimum Gasteiger partial charge on any atom is -0.329 e. The molecule has 0 aliphatic heterocycles. The van der Waals surface area contributed by atoms with Crippen molar-refractivity contribution in [3.63, 3.8) is 0 Å². The first-order chi connectivity index (χ1) is 5.67. The molecule has 0 heterocycles. The third-order valence-electron chi connectivity index (χ3n) is 2.68. The van der Waals surface area contributed by atoms with Crippen LogP contribution >= 0.6 is 0 Å². The predicted molar refractivity (Wildman–Crippen MR) is 55.2 cm³/mol. The molecular formula is C10H24N2. The van der Waals surface area contributed by atoms with Crippen LogP contribution < -0.4 is 5.73 Å². The van der Waals surface area contributed by atoms with Gasteiger partial charge in [-0.05, 0) is 25.9 Å². The standard InChI is InChI=1S/C10H24N2/c1-5-7-12(4)10(8-11)9(3)6-2/h9-10H,5-8,11H2,1-4H3. The largest absolute Gasteiger partial charge is 0.329 e. The van der Waals surface area contributed by atoms with Gasteiger partial charge >= 0.3 is 0 Å². The smallest absolute Gasteiger partial charge is 0.0240 e. The van der Waals surface area contributed by atoms with Crippen molar-refractivity contribution in [2.45, 2.75) is 39.7 Å². The van der Waals surface area contributed by atoms with Crippen LogP contribution in [0.15, 0.2) is 0 Å². The van der Waals surface area contributed by atoms with Gasteiger partial charge in [-0.1, -0.05) is 27.2 Å². The van der Waals surface area contributed by atoms with Crippen molar-refractivity contribution in [3.05, 3.63) is 0 Å². The molecule has 0 aliphatic carbocycles. The number of likely N-dealkylation sites (N-methyl/N-ethyl adjacent to an activating group) is 1. The van der Waals surface area contributed by atoms with Crippen LogP contribution in [0.4, 0.5) is 0 Å². The number of nitrogens with two attached hydrogens (primary N) is 1. The van der Waals surface area contributed by atoms with Gasteiger partial charge in [0.05, 0.1) is 0 Å². The van der Waals surface area contributed by atoms with Crippen LogP contribution in [0.3, 0.4) is 0 Å². The van der Waals surface area contributed by atoms with Crippen molar-refractivity contribution in [2.24, 2.45) is 11.7 Å². The zero-order chi connectivity index (χ0) is 9.56. The molecule has 0 bridgehead atoms. The molecule has 0 radical (unpaired) electrons. The molecule has 0 aliphatic rings. The summed E-state index contributed by atoms with van der Waals surface area (Å²) in [5.74, 6) is 0.714. The molecule has 0 aromatic heterocycles. The molecule has 0 spiro atoms. The molecule has 2 heteroatoms. The molecule has 0 saturated heterocycles. The first-order valence-corrected chi connectivity index (χ1v) is 5.07. The summed E-state index contributed by atoms with van der Waals surface area (Å²) in [6.07, 6.45) is 2.43. The van der Waals surface area contributed by atoms with E-state index in [0.29, 0.717) is 12.0 Å². The Bertz CT molecular complexity index is 104. The summed E-state index contributed by atoms with van der Waals surface area (Å²) in [4.78, 5) is 2.38. The van der Waals surface area contributed by atoms with Gasteiger partial charge in [-0.2, -0.15) is 0 Å². The SMILES string of the molecule is CCCN(C)C(CN)C(C)CC. The highest BCUT2D eigenvalue weighted by Gasteiger charge is 2.17. The van der Waals surface area contributed by atoms with E-state index in [1.165, 1.54) is 12.8 Å². The fourth-order valence-electron chi connectivity index (χ4n) is 1.64. The second kappa shape index (κ2) is 6.44. The van der Waals surface area contributed by atoms with Gasteiger partial charge in [0, 0.05) is 12.6 Å². The van der Waals surface area contributed by atoms with E-state index in [1.54, 1.807) is 0 Å². The van der Waals surface area contributed by atoms with E-state index in [9.17, 15) is 0 Å². The lowest BCUT2D eigenvalue weighted by atomic mass is 9.98. The van der Waals surface area contributed by atoms with E-state index in [-0.39, 0.29) is 0 Å². The molecule has 2 unspecified atom stereocenters. The lowest BCUT2D eigenvalue weighted by Gasteiger charge is -2.31. The Morgan fingerprint density at radius 3 is 2.25 bits per heavy atom. The molecule has 2 atom stereocenters. The van der Waals surface area contributed by atoms with E-state index in [2.05, 4.69) is 32.7 Å². The number of hydrogen-bond acceptors (Lipinski definition) is 2. The van der Waals surface area contributed by atoms with Crippen molar-refractivity contribution in [2.75, 3.05) is 20.1 Å². The Balaban J connectivity index is 3.94. The van der Waals surface area contributed by atoms with Crippen LogP contribution in [0.2, 0.25) is 0 Å². The average Bonchev–Trinajstić information content (AvgIpc) is 2.06. The highest BCUT2D eigenvalue weighted by Crippen LogP contribution is 2.12. The average molecular weight is 172 g/mol. The van der Waals surface area contributed by atoms with Crippen LogP contribution in [0.1, 0.15) is 33.6 Å². The summed E-state index contributed by atoms with van der Waals surface area (Å²) in [5, 5.41) is 0. The highest BCUT2D eigenvalue weighted by atomic mass is 15.1. The van der Waals surface area contributed by atoms with E-state index in [0.717, 1.165) is 13.1 Å². The van der Waals surface area contributed by atoms with E-state index >= 15 is 0 Å². The number of hydrogen-bond donors (Lipinski definition) is 1. The van der Waals surface area contributed by atoms with Gasteiger partial charge in [-0.25, -0.2) is 0 Å². The summed E-state index contributed by atoms with van der Waals surface area (Å²) in [5.41, 5.74) is 5.74. The first kappa shape index (κ1) is 11.9. The first-order valence-electron chi connectivity index (χ1n) is 5.07. The topological polar surface area (TPSA) is 29.3 Å². The minimum absolute atomic E-state index is 0.565. The monoisotopic (exact) mass is 172 g/mol. The summed E-state index contributed by atoms with van der Waals surface area (Å²) in [7, 11) is 2.17. The van der Waals surface area contributed by atoms with Gasteiger partial charge in [-0.15, -0.1) is 0 Å². The second-order valence-corrected chi connectivity index (χ2v) is 3.67. The zero-order valence-electron chi connectivity index (χ0n) is 9.01. The number of nitrogens with zero attached hydrogens (tertiary/aromatic N) is 1. The molecule has 0 rings (SSSR count). The molecule has 0 fully saturated rings. The van der Waals surface area contributed by atoms with Crippen molar-refractivity contribution in [3.8, 4) is 0 Å².